The molecule has 0 aliphatic carbocycles. The first kappa shape index (κ1) is 33.4. The molecule has 6 aromatic rings. The van der Waals surface area contributed by atoms with Crippen LogP contribution in [0.4, 0.5) is 0 Å². The molecule has 0 saturated heterocycles. The van der Waals surface area contributed by atoms with Crippen molar-refractivity contribution in [1.82, 2.24) is 19.8 Å². The molecular weight excluding hydrogens is 718 g/mol. The van der Waals surface area contributed by atoms with Crippen LogP contribution in [0.15, 0.2) is 97.3 Å². The zero-order valence-electron chi connectivity index (χ0n) is 26.3. The van der Waals surface area contributed by atoms with E-state index in [1.807, 2.05) is 84.2 Å². The highest BCUT2D eigenvalue weighted by molar-refractivity contribution is 6.52. The van der Waals surface area contributed by atoms with Crippen molar-refractivity contribution in [2.75, 3.05) is 0 Å². The topological polar surface area (TPSA) is 102 Å². The summed E-state index contributed by atoms with van der Waals surface area (Å²) in [5.41, 5.74) is 5.49. The maximum atomic E-state index is 12.5. The van der Waals surface area contributed by atoms with Crippen LogP contribution in [-0.4, -0.2) is 32.8 Å². The average molecular weight is 742 g/mol. The van der Waals surface area contributed by atoms with Gasteiger partial charge in [0.1, 0.15) is 0 Å². The summed E-state index contributed by atoms with van der Waals surface area (Å²) < 4.78 is 3.85. The van der Waals surface area contributed by atoms with Gasteiger partial charge in [0.2, 0.25) is 0 Å². The van der Waals surface area contributed by atoms with E-state index >= 15 is 0 Å². The Morgan fingerprint density at radius 1 is 0.460 bits per heavy atom. The largest absolute Gasteiger partial charge is 0.350 e. The molecule has 0 radical (unpaired) electrons. The second-order valence-corrected chi connectivity index (χ2v) is 13.3. The summed E-state index contributed by atoms with van der Waals surface area (Å²) in [6.45, 7) is 0. The fraction of sp³-hybridized carbons (Fsp3) is 0.0526. The van der Waals surface area contributed by atoms with Crippen molar-refractivity contribution in [2.24, 2.45) is 14.1 Å². The molecular formula is C38H24Cl4N4O4. The molecule has 2 N–H and O–H groups in total. The van der Waals surface area contributed by atoms with Gasteiger partial charge in [-0.2, -0.15) is 0 Å². The lowest BCUT2D eigenvalue weighted by atomic mass is 9.96. The molecule has 4 heterocycles. The molecule has 0 saturated carbocycles. The molecule has 4 aromatic carbocycles. The number of fused-ring (bicyclic) bond motifs is 2. The SMILES string of the molecule is Cn1cc(C2=C(c3ccc(Cl)cc3Cl)C(=O)NC2=O)c2ccccc21.Cn1cc(C2=C(c3ccc(Cl)cc3Cl)C(=O)NC2=O)c2ccccc21. The zero-order chi connectivity index (χ0) is 35.4. The smallest absolute Gasteiger partial charge is 0.259 e. The highest BCUT2D eigenvalue weighted by Gasteiger charge is 2.36. The van der Waals surface area contributed by atoms with E-state index in [9.17, 15) is 19.2 Å². The van der Waals surface area contributed by atoms with Crippen molar-refractivity contribution < 1.29 is 19.2 Å². The summed E-state index contributed by atoms with van der Waals surface area (Å²) in [4.78, 5) is 50.0. The number of hydrogen-bond acceptors (Lipinski definition) is 4. The van der Waals surface area contributed by atoms with Crippen molar-refractivity contribution in [3.8, 4) is 0 Å². The second-order valence-electron chi connectivity index (χ2n) is 11.7. The van der Waals surface area contributed by atoms with Gasteiger partial charge in [0.05, 0.1) is 32.3 Å². The first-order valence-corrected chi connectivity index (χ1v) is 16.7. The Bertz CT molecular complexity index is 2370. The van der Waals surface area contributed by atoms with E-state index in [1.165, 1.54) is 0 Å². The van der Waals surface area contributed by atoms with E-state index in [2.05, 4.69) is 10.6 Å². The molecule has 2 aromatic heterocycles. The van der Waals surface area contributed by atoms with Crippen LogP contribution >= 0.6 is 46.4 Å². The quantitative estimate of drug-likeness (QED) is 0.178. The van der Waals surface area contributed by atoms with Crippen LogP contribution in [0.1, 0.15) is 22.3 Å². The number of rotatable bonds is 4. The van der Waals surface area contributed by atoms with Crippen molar-refractivity contribution in [1.29, 1.82) is 0 Å². The van der Waals surface area contributed by atoms with Gasteiger partial charge < -0.3 is 9.13 Å². The van der Waals surface area contributed by atoms with Crippen LogP contribution in [0.2, 0.25) is 20.1 Å². The number of aromatic nitrogens is 2. The monoisotopic (exact) mass is 740 g/mol. The van der Waals surface area contributed by atoms with Crippen molar-refractivity contribution in [2.45, 2.75) is 0 Å². The minimum absolute atomic E-state index is 0.267. The minimum atomic E-state index is -0.461. The Labute approximate surface area is 305 Å². The van der Waals surface area contributed by atoms with Crippen LogP contribution in [0.3, 0.4) is 0 Å². The van der Waals surface area contributed by atoms with E-state index in [0.29, 0.717) is 53.5 Å². The molecule has 4 amide bonds. The van der Waals surface area contributed by atoms with Gasteiger partial charge in [0, 0.05) is 80.6 Å². The number of imide groups is 2. The number of para-hydroxylation sites is 2. The number of aryl methyl sites for hydroxylation is 2. The predicted octanol–water partition coefficient (Wildman–Crippen LogP) is 8.10. The predicted molar refractivity (Wildman–Crippen MR) is 199 cm³/mol. The van der Waals surface area contributed by atoms with Crippen LogP contribution in [0.5, 0.6) is 0 Å². The number of nitrogens with zero attached hydrogens (tertiary/aromatic N) is 2. The van der Waals surface area contributed by atoms with E-state index in [-0.39, 0.29) is 11.1 Å². The molecule has 2 aliphatic heterocycles. The number of benzene rings is 4. The standard InChI is InChI=1S/2C19H12Cl2N2O2/c2*1-23-9-13(11-4-2-3-5-15(11)23)17-16(18(24)22-19(17)25)12-7-6-10(20)8-14(12)21/h2*2-9H,1H3,(H,22,24,25). The van der Waals surface area contributed by atoms with Crippen molar-refractivity contribution in [3.05, 3.63) is 140 Å². The third kappa shape index (κ3) is 5.70. The molecule has 0 atom stereocenters. The number of carbonyl (C=O) groups excluding carboxylic acids is 4. The molecule has 0 unspecified atom stereocenters. The maximum absolute atomic E-state index is 12.5. The van der Waals surface area contributed by atoms with Gasteiger partial charge in [0.25, 0.3) is 23.6 Å². The van der Waals surface area contributed by atoms with Gasteiger partial charge in [0.15, 0.2) is 0 Å². The fourth-order valence-electron chi connectivity index (χ4n) is 6.40. The number of amides is 4. The molecule has 0 fully saturated rings. The first-order chi connectivity index (χ1) is 23.9. The number of hydrogen-bond donors (Lipinski definition) is 2. The highest BCUT2D eigenvalue weighted by atomic mass is 35.5. The van der Waals surface area contributed by atoms with Gasteiger partial charge in [-0.3, -0.25) is 29.8 Å². The number of halogens is 4. The molecule has 0 spiro atoms. The normalized spacial score (nSPS) is 14.5. The summed E-state index contributed by atoms with van der Waals surface area (Å²) in [6, 6.07) is 25.1. The Balaban J connectivity index is 0.000000157. The fourth-order valence-corrected chi connectivity index (χ4v) is 7.41. The molecule has 8 nitrogen and oxygen atoms in total. The van der Waals surface area contributed by atoms with E-state index in [0.717, 1.165) is 21.8 Å². The maximum Gasteiger partial charge on any atom is 0.259 e. The summed E-state index contributed by atoms with van der Waals surface area (Å²) >= 11 is 24.5. The van der Waals surface area contributed by atoms with Crippen molar-refractivity contribution in [3.63, 3.8) is 0 Å². The average Bonchev–Trinajstić information content (AvgIpc) is 3.77. The minimum Gasteiger partial charge on any atom is -0.350 e. The lowest BCUT2D eigenvalue weighted by molar-refractivity contribution is -0.124. The molecule has 0 bridgehead atoms. The molecule has 248 valence electrons. The lowest BCUT2D eigenvalue weighted by Crippen LogP contribution is -2.22. The Kier molecular flexibility index (Phi) is 8.66. The van der Waals surface area contributed by atoms with Crippen LogP contribution in [0.25, 0.3) is 44.1 Å². The van der Waals surface area contributed by atoms with Gasteiger partial charge in [-0.1, -0.05) is 94.9 Å². The van der Waals surface area contributed by atoms with Gasteiger partial charge in [-0.05, 0) is 36.4 Å². The van der Waals surface area contributed by atoms with Crippen LogP contribution < -0.4 is 10.6 Å². The third-order valence-corrected chi connectivity index (χ3v) is 9.69. The Hall–Kier alpha value is -5.12. The van der Waals surface area contributed by atoms with E-state index in [4.69, 9.17) is 46.4 Å². The third-order valence-electron chi connectivity index (χ3n) is 8.60. The molecule has 12 heteroatoms. The highest BCUT2D eigenvalue weighted by Crippen LogP contribution is 2.40. The van der Waals surface area contributed by atoms with Crippen LogP contribution in [0, 0.1) is 0 Å². The molecule has 8 rings (SSSR count). The summed E-state index contributed by atoms with van der Waals surface area (Å²) in [6.07, 6.45) is 3.70. The summed E-state index contributed by atoms with van der Waals surface area (Å²) in [5.74, 6) is -1.78. The molecule has 2 aliphatic rings. The summed E-state index contributed by atoms with van der Waals surface area (Å²) in [7, 11) is 3.80. The van der Waals surface area contributed by atoms with E-state index in [1.54, 1.807) is 36.4 Å². The molecule has 50 heavy (non-hydrogen) atoms. The Morgan fingerprint density at radius 3 is 1.16 bits per heavy atom. The van der Waals surface area contributed by atoms with Crippen LogP contribution in [-0.2, 0) is 33.3 Å². The van der Waals surface area contributed by atoms with Gasteiger partial charge in [-0.15, -0.1) is 0 Å². The second kappa shape index (κ2) is 13.0. The summed E-state index contributed by atoms with van der Waals surface area (Å²) in [5, 5.41) is 8.12. The van der Waals surface area contributed by atoms with Gasteiger partial charge in [-0.25, -0.2) is 0 Å². The number of carbonyl (C=O) groups is 4. The first-order valence-electron chi connectivity index (χ1n) is 15.1. The lowest BCUT2D eigenvalue weighted by Gasteiger charge is -2.06. The zero-order valence-corrected chi connectivity index (χ0v) is 29.3. The van der Waals surface area contributed by atoms with Crippen molar-refractivity contribution >= 4 is 114 Å². The Morgan fingerprint density at radius 2 is 0.800 bits per heavy atom. The number of nitrogens with one attached hydrogen (secondary N) is 2. The van der Waals surface area contributed by atoms with E-state index < -0.39 is 23.6 Å². The van der Waals surface area contributed by atoms with Gasteiger partial charge >= 0.3 is 0 Å².